The maximum atomic E-state index is 13.2. The summed E-state index contributed by atoms with van der Waals surface area (Å²) in [7, 11) is 0. The first-order chi connectivity index (χ1) is 10.9. The van der Waals surface area contributed by atoms with Crippen LogP contribution in [-0.4, -0.2) is 60.5 Å². The van der Waals surface area contributed by atoms with Crippen LogP contribution in [-0.2, 0) is 4.74 Å². The Labute approximate surface area is 132 Å². The van der Waals surface area contributed by atoms with Gasteiger partial charge in [0.15, 0.2) is 0 Å². The third-order valence-electron chi connectivity index (χ3n) is 2.82. The number of hydrogen-bond acceptors (Lipinski definition) is 2. The average molecular weight is 402 g/mol. The summed E-state index contributed by atoms with van der Waals surface area (Å²) in [6.07, 6.45) is 0.678. The van der Waals surface area contributed by atoms with Crippen LogP contribution in [0.2, 0.25) is 0 Å². The van der Waals surface area contributed by atoms with E-state index in [1.807, 2.05) is 0 Å². The van der Waals surface area contributed by atoms with Gasteiger partial charge in [-0.2, -0.15) is 52.7 Å². The van der Waals surface area contributed by atoms with Crippen LogP contribution in [0.25, 0.3) is 0 Å². The van der Waals surface area contributed by atoms with Gasteiger partial charge in [-0.1, -0.05) is 6.08 Å². The van der Waals surface area contributed by atoms with Crippen molar-refractivity contribution in [2.24, 2.45) is 0 Å². The fourth-order valence-corrected chi connectivity index (χ4v) is 1.31. The fourth-order valence-electron chi connectivity index (χ4n) is 1.31. The molecule has 0 rings (SSSR count). The molecule has 0 heterocycles. The molecule has 0 saturated heterocycles. The lowest BCUT2D eigenvalue weighted by atomic mass is 9.92. The molecule has 14 heteroatoms. The normalized spacial score (nSPS) is 15.4. The van der Waals surface area contributed by atoms with Gasteiger partial charge in [0.1, 0.15) is 13.2 Å². The molecule has 1 N–H and O–H groups in total. The van der Waals surface area contributed by atoms with Gasteiger partial charge in [0.2, 0.25) is 0 Å². The van der Waals surface area contributed by atoms with E-state index in [4.69, 9.17) is 5.11 Å². The highest BCUT2D eigenvalue weighted by molar-refractivity contribution is 5.11. The predicted molar refractivity (Wildman–Crippen MR) is 57.8 cm³/mol. The second kappa shape index (κ2) is 6.85. The lowest BCUT2D eigenvalue weighted by molar-refractivity contribution is -0.428. The molecule has 0 fully saturated rings. The minimum Gasteiger partial charge on any atom is -0.390 e. The van der Waals surface area contributed by atoms with Gasteiger partial charge in [-0.05, 0) is 0 Å². The van der Waals surface area contributed by atoms with E-state index < -0.39 is 55.4 Å². The topological polar surface area (TPSA) is 29.5 Å². The van der Waals surface area contributed by atoms with Crippen LogP contribution in [0.5, 0.6) is 0 Å². The van der Waals surface area contributed by atoms with E-state index in [-0.39, 0.29) is 0 Å². The second-order valence-corrected chi connectivity index (χ2v) is 4.67. The van der Waals surface area contributed by atoms with E-state index in [1.165, 1.54) is 0 Å². The van der Waals surface area contributed by atoms with Gasteiger partial charge in [0, 0.05) is 0 Å². The number of aliphatic hydroxyl groups excluding tert-OH is 1. The Morgan fingerprint density at radius 1 is 0.680 bits per heavy atom. The van der Waals surface area contributed by atoms with E-state index in [0.717, 1.165) is 0 Å². The van der Waals surface area contributed by atoms with Gasteiger partial charge in [-0.25, -0.2) is 0 Å². The average Bonchev–Trinajstić information content (AvgIpc) is 2.46. The molecule has 0 atom stereocenters. The van der Waals surface area contributed by atoms with Crippen LogP contribution < -0.4 is 0 Å². The number of hydrogen-bond donors (Lipinski definition) is 1. The maximum Gasteiger partial charge on any atom is 0.384 e. The van der Waals surface area contributed by atoms with Crippen molar-refractivity contribution in [3.05, 3.63) is 12.7 Å². The lowest BCUT2D eigenvalue weighted by Gasteiger charge is -2.40. The van der Waals surface area contributed by atoms with Crippen molar-refractivity contribution in [1.29, 1.82) is 0 Å². The van der Waals surface area contributed by atoms with E-state index >= 15 is 0 Å². The summed E-state index contributed by atoms with van der Waals surface area (Å²) in [5, 5.41) is 7.89. The zero-order valence-corrected chi connectivity index (χ0v) is 11.8. The molecule has 25 heavy (non-hydrogen) atoms. The van der Waals surface area contributed by atoms with Gasteiger partial charge < -0.3 is 9.84 Å². The van der Waals surface area contributed by atoms with Crippen LogP contribution in [0.15, 0.2) is 12.7 Å². The zero-order chi connectivity index (χ0) is 20.5. The summed E-state index contributed by atoms with van der Waals surface area (Å²) in [6, 6.07) is 0. The van der Waals surface area contributed by atoms with Gasteiger partial charge in [0.05, 0.1) is 6.61 Å². The third kappa shape index (κ3) is 3.55. The van der Waals surface area contributed by atoms with E-state index in [1.54, 1.807) is 0 Å². The summed E-state index contributed by atoms with van der Waals surface area (Å²) in [5.41, 5.74) is 0. The number of ether oxygens (including phenoxy) is 1. The summed E-state index contributed by atoms with van der Waals surface area (Å²) in [4.78, 5) is 0. The Kier molecular flexibility index (Phi) is 6.53. The SMILES string of the molecule is C=CCOCC(F)(F)C(F)(F)C(F)(F)C(F)(F)C(F)(F)C(F)(F)CO. The Bertz CT molecular complexity index is 474. The number of alkyl halides is 12. The standard InChI is InChI=1S/C11H10F12O2/c1-2-3-25-5-7(14,15)9(18,19)11(22,23)10(20,21)8(16,17)6(12,13)4-24/h2,24H,1,3-5H2. The minimum atomic E-state index is -7.67. The summed E-state index contributed by atoms with van der Waals surface area (Å²) in [5.74, 6) is -42.3. The molecule has 0 aromatic rings. The number of halogens is 12. The summed E-state index contributed by atoms with van der Waals surface area (Å²) in [6.45, 7) is -3.82. The molecule has 0 aliphatic rings. The maximum absolute atomic E-state index is 13.2. The summed E-state index contributed by atoms with van der Waals surface area (Å²) < 4.78 is 160. The number of rotatable bonds is 10. The first kappa shape index (κ1) is 23.8. The van der Waals surface area contributed by atoms with Crippen molar-refractivity contribution in [2.45, 2.75) is 35.5 Å². The largest absolute Gasteiger partial charge is 0.390 e. The zero-order valence-electron chi connectivity index (χ0n) is 11.8. The molecular formula is C11H10F12O2. The monoisotopic (exact) mass is 402 g/mol. The van der Waals surface area contributed by atoms with Crippen LogP contribution in [0.3, 0.4) is 0 Å². The Balaban J connectivity index is 6.03. The predicted octanol–water partition coefficient (Wildman–Crippen LogP) is 3.99. The Morgan fingerprint density at radius 3 is 1.36 bits per heavy atom. The highest BCUT2D eigenvalue weighted by atomic mass is 19.4. The summed E-state index contributed by atoms with van der Waals surface area (Å²) >= 11 is 0. The van der Waals surface area contributed by atoms with Gasteiger partial charge >= 0.3 is 35.5 Å². The van der Waals surface area contributed by atoms with Crippen LogP contribution >= 0.6 is 0 Å². The smallest absolute Gasteiger partial charge is 0.384 e. The molecule has 0 radical (unpaired) electrons. The van der Waals surface area contributed by atoms with E-state index in [2.05, 4.69) is 11.3 Å². The quantitative estimate of drug-likeness (QED) is 0.340. The second-order valence-electron chi connectivity index (χ2n) is 4.67. The molecule has 150 valence electrons. The Morgan fingerprint density at radius 2 is 1.04 bits per heavy atom. The lowest BCUT2D eigenvalue weighted by Crippen LogP contribution is -2.71. The van der Waals surface area contributed by atoms with Crippen molar-refractivity contribution in [3.8, 4) is 0 Å². The third-order valence-corrected chi connectivity index (χ3v) is 2.82. The van der Waals surface area contributed by atoms with Crippen molar-refractivity contribution in [1.82, 2.24) is 0 Å². The Hall–Kier alpha value is -1.18. The van der Waals surface area contributed by atoms with Gasteiger partial charge in [-0.3, -0.25) is 0 Å². The highest BCUT2D eigenvalue weighted by Crippen LogP contribution is 2.59. The highest BCUT2D eigenvalue weighted by Gasteiger charge is 2.89. The van der Waals surface area contributed by atoms with Gasteiger partial charge in [0.25, 0.3) is 0 Å². The van der Waals surface area contributed by atoms with Crippen LogP contribution in [0, 0.1) is 0 Å². The van der Waals surface area contributed by atoms with Crippen molar-refractivity contribution >= 4 is 0 Å². The molecule has 0 aromatic heterocycles. The van der Waals surface area contributed by atoms with Crippen molar-refractivity contribution in [3.63, 3.8) is 0 Å². The van der Waals surface area contributed by atoms with Crippen LogP contribution in [0.4, 0.5) is 52.7 Å². The molecule has 0 aliphatic heterocycles. The first-order valence-corrected chi connectivity index (χ1v) is 5.93. The molecule has 0 unspecified atom stereocenters. The molecule has 2 nitrogen and oxygen atoms in total. The minimum absolute atomic E-state index is 0.678. The fraction of sp³-hybridized carbons (Fsp3) is 0.818. The van der Waals surface area contributed by atoms with Crippen molar-refractivity contribution < 1.29 is 62.5 Å². The molecule has 0 spiro atoms. The van der Waals surface area contributed by atoms with Gasteiger partial charge in [-0.15, -0.1) is 6.58 Å². The van der Waals surface area contributed by atoms with E-state index in [0.29, 0.717) is 6.08 Å². The molecule has 0 aromatic carbocycles. The van der Waals surface area contributed by atoms with Crippen molar-refractivity contribution in [2.75, 3.05) is 19.8 Å². The molecule has 0 amide bonds. The molecule has 0 aliphatic carbocycles. The molecule has 0 saturated carbocycles. The molecule has 0 bridgehead atoms. The number of aliphatic hydroxyl groups is 1. The van der Waals surface area contributed by atoms with E-state index in [9.17, 15) is 52.7 Å². The first-order valence-electron chi connectivity index (χ1n) is 5.93. The van der Waals surface area contributed by atoms with Crippen LogP contribution in [0.1, 0.15) is 0 Å². The molecular weight excluding hydrogens is 392 g/mol.